The number of benzene rings is 1. The molecule has 2 aliphatic rings. The number of aryl methyl sites for hydroxylation is 1. The lowest BCUT2D eigenvalue weighted by atomic mass is 9.76. The number of amides is 2. The van der Waals surface area contributed by atoms with E-state index in [9.17, 15) is 22.8 Å². The fraction of sp³-hybridized carbons (Fsp3) is 0.321. The van der Waals surface area contributed by atoms with E-state index in [-0.39, 0.29) is 28.2 Å². The van der Waals surface area contributed by atoms with Gasteiger partial charge in [0.15, 0.2) is 11.6 Å². The van der Waals surface area contributed by atoms with E-state index in [0.29, 0.717) is 35.4 Å². The summed E-state index contributed by atoms with van der Waals surface area (Å²) in [6, 6.07) is 1.63. The van der Waals surface area contributed by atoms with Crippen molar-refractivity contribution < 1.29 is 22.8 Å². The summed E-state index contributed by atoms with van der Waals surface area (Å²) < 4.78 is 43.4. The van der Waals surface area contributed by atoms with Gasteiger partial charge in [0, 0.05) is 29.8 Å². The third-order valence-electron chi connectivity index (χ3n) is 7.80. The van der Waals surface area contributed by atoms with Crippen LogP contribution in [-0.2, 0) is 4.79 Å². The number of hydrogen-bond donors (Lipinski definition) is 1. The quantitative estimate of drug-likeness (QED) is 0.303. The van der Waals surface area contributed by atoms with E-state index in [2.05, 4.69) is 30.4 Å². The summed E-state index contributed by atoms with van der Waals surface area (Å²) in [6.07, 6.45) is 5.86. The molecule has 4 heterocycles. The van der Waals surface area contributed by atoms with Gasteiger partial charge in [-0.2, -0.15) is 5.10 Å². The number of carbonyl (C=O) groups is 2. The van der Waals surface area contributed by atoms with E-state index < -0.39 is 35.3 Å². The lowest BCUT2D eigenvalue weighted by Gasteiger charge is -2.25. The summed E-state index contributed by atoms with van der Waals surface area (Å²) in [5.74, 6) is -0.658. The van der Waals surface area contributed by atoms with Crippen molar-refractivity contribution in [2.45, 2.75) is 39.2 Å². The zero-order valence-corrected chi connectivity index (χ0v) is 23.2. The minimum atomic E-state index is -3.00. The first-order chi connectivity index (χ1) is 20.1. The maximum Gasteiger partial charge on any atom is 0.275 e. The molecule has 0 radical (unpaired) electrons. The van der Waals surface area contributed by atoms with Crippen molar-refractivity contribution in [3.05, 3.63) is 76.7 Å². The molecule has 2 fully saturated rings. The normalized spacial score (nSPS) is 18.6. The predicted octanol–water partition coefficient (Wildman–Crippen LogP) is 5.40. The largest absolute Gasteiger partial charge is 0.318 e. The van der Waals surface area contributed by atoms with Gasteiger partial charge in [-0.15, -0.1) is 0 Å². The zero-order chi connectivity index (χ0) is 29.7. The number of fused-ring (bicyclic) bond motifs is 1. The average molecular weight is 597 g/mol. The average Bonchev–Trinajstić information content (AvgIpc) is 3.50. The van der Waals surface area contributed by atoms with Crippen LogP contribution >= 0.6 is 11.6 Å². The molecule has 1 aliphatic carbocycles. The van der Waals surface area contributed by atoms with Gasteiger partial charge in [-0.25, -0.2) is 28.1 Å². The Hall–Kier alpha value is -4.39. The highest BCUT2D eigenvalue weighted by atomic mass is 35.5. The Balaban J connectivity index is 1.18. The number of hydrogen-bond acceptors (Lipinski definition) is 7. The summed E-state index contributed by atoms with van der Waals surface area (Å²) in [4.78, 5) is 44.4. The number of halogens is 4. The molecule has 42 heavy (non-hydrogen) atoms. The first-order valence-corrected chi connectivity index (χ1v) is 13.6. The van der Waals surface area contributed by atoms with Gasteiger partial charge in [-0.3, -0.25) is 19.3 Å². The number of nitrogens with zero attached hydrogens (tertiary/aromatic N) is 7. The molecule has 4 aromatic rings. The van der Waals surface area contributed by atoms with E-state index in [0.717, 1.165) is 37.4 Å². The first-order valence-electron chi connectivity index (χ1n) is 13.2. The number of anilines is 2. The number of rotatable bonds is 7. The van der Waals surface area contributed by atoms with Gasteiger partial charge in [-0.05, 0) is 38.7 Å². The standard InChI is InChI=1S/C28H24ClF3N8O2/c1-13-22(39-11-15-3-4-17(15)28(39)42)10-34-26(36-13)14(2)40-12-16(7-35-40)37-27(41)21-9-33-8-20(38-21)23-18(25(31)32)5-6-19(29)24(23)30/h5-10,12,14-15,17,25H,3-4,11H2,1-2H3,(H,37,41)/t14?,15-,17-/m1/s1. The number of carbonyl (C=O) groups excluding carboxylic acids is 2. The van der Waals surface area contributed by atoms with Crippen LogP contribution in [-0.4, -0.2) is 48.1 Å². The van der Waals surface area contributed by atoms with Crippen molar-refractivity contribution in [3.8, 4) is 11.3 Å². The second kappa shape index (κ2) is 10.8. The number of nitrogens with one attached hydrogen (secondary N) is 1. The van der Waals surface area contributed by atoms with Gasteiger partial charge in [0.1, 0.15) is 11.7 Å². The van der Waals surface area contributed by atoms with Crippen LogP contribution < -0.4 is 10.2 Å². The lowest BCUT2D eigenvalue weighted by Crippen LogP contribution is -2.29. The summed E-state index contributed by atoms with van der Waals surface area (Å²) in [5.41, 5.74) is 0.0708. The minimum Gasteiger partial charge on any atom is -0.318 e. The van der Waals surface area contributed by atoms with Gasteiger partial charge >= 0.3 is 0 Å². The molecule has 6 rings (SSSR count). The minimum absolute atomic E-state index is 0.113. The number of alkyl halides is 2. The molecule has 1 aromatic carbocycles. The Labute approximate surface area is 243 Å². The molecule has 1 saturated carbocycles. The topological polar surface area (TPSA) is 119 Å². The van der Waals surface area contributed by atoms with Crippen molar-refractivity contribution in [2.24, 2.45) is 11.8 Å². The summed E-state index contributed by atoms with van der Waals surface area (Å²) in [7, 11) is 0. The molecular weight excluding hydrogens is 573 g/mol. The van der Waals surface area contributed by atoms with Crippen molar-refractivity contribution >= 4 is 34.8 Å². The highest BCUT2D eigenvalue weighted by molar-refractivity contribution is 6.31. The second-order valence-electron chi connectivity index (χ2n) is 10.3. The van der Waals surface area contributed by atoms with Gasteiger partial charge in [0.2, 0.25) is 5.91 Å². The Morgan fingerprint density at radius 1 is 1.14 bits per heavy atom. The maximum absolute atomic E-state index is 14.7. The third kappa shape index (κ3) is 4.87. The lowest BCUT2D eigenvalue weighted by molar-refractivity contribution is -0.123. The van der Waals surface area contributed by atoms with Crippen LogP contribution in [0.4, 0.5) is 24.5 Å². The Morgan fingerprint density at radius 3 is 2.62 bits per heavy atom. The van der Waals surface area contributed by atoms with Crippen LogP contribution in [0.25, 0.3) is 11.3 Å². The van der Waals surface area contributed by atoms with Crippen LogP contribution in [0.2, 0.25) is 5.02 Å². The molecule has 2 amide bonds. The van der Waals surface area contributed by atoms with Crippen LogP contribution in [0.1, 0.15) is 59.8 Å². The van der Waals surface area contributed by atoms with Gasteiger partial charge in [-0.1, -0.05) is 17.7 Å². The maximum atomic E-state index is 14.7. The summed E-state index contributed by atoms with van der Waals surface area (Å²) >= 11 is 5.81. The van der Waals surface area contributed by atoms with Gasteiger partial charge < -0.3 is 10.2 Å². The number of aromatic nitrogens is 6. The van der Waals surface area contributed by atoms with E-state index in [4.69, 9.17) is 11.6 Å². The van der Waals surface area contributed by atoms with E-state index >= 15 is 0 Å². The first kappa shape index (κ1) is 27.8. The van der Waals surface area contributed by atoms with Crippen LogP contribution in [0, 0.1) is 24.6 Å². The van der Waals surface area contributed by atoms with Gasteiger partial charge in [0.25, 0.3) is 12.3 Å². The molecule has 1 aliphatic heterocycles. The SMILES string of the molecule is Cc1nc(C(C)n2cc(NC(=O)c3cncc(-c4c(C(F)F)ccc(Cl)c4F)n3)cn2)ncc1N1C[C@H]2CC[C@H]2C1=O. The molecule has 1 saturated heterocycles. The van der Waals surface area contributed by atoms with E-state index in [1.807, 2.05) is 13.8 Å². The van der Waals surface area contributed by atoms with Crippen LogP contribution in [0.5, 0.6) is 0 Å². The molecular formula is C28H24ClF3N8O2. The van der Waals surface area contributed by atoms with Crippen molar-refractivity contribution in [1.29, 1.82) is 0 Å². The Bertz CT molecular complexity index is 1710. The van der Waals surface area contributed by atoms with Gasteiger partial charge in [0.05, 0.1) is 52.6 Å². The molecule has 10 nitrogen and oxygen atoms in total. The molecule has 1 N–H and O–H groups in total. The highest BCUT2D eigenvalue weighted by Gasteiger charge is 2.47. The zero-order valence-electron chi connectivity index (χ0n) is 22.4. The molecule has 0 spiro atoms. The van der Waals surface area contributed by atoms with Crippen LogP contribution in [0.15, 0.2) is 43.1 Å². The monoisotopic (exact) mass is 596 g/mol. The van der Waals surface area contributed by atoms with Crippen molar-refractivity contribution in [3.63, 3.8) is 0 Å². The highest BCUT2D eigenvalue weighted by Crippen LogP contribution is 2.43. The molecule has 1 unspecified atom stereocenters. The van der Waals surface area contributed by atoms with Crippen molar-refractivity contribution in [2.75, 3.05) is 16.8 Å². The fourth-order valence-corrected chi connectivity index (χ4v) is 5.49. The molecule has 3 atom stereocenters. The smallest absolute Gasteiger partial charge is 0.275 e. The molecule has 216 valence electrons. The second-order valence-corrected chi connectivity index (χ2v) is 10.8. The van der Waals surface area contributed by atoms with E-state index in [1.165, 1.54) is 6.20 Å². The Morgan fingerprint density at radius 2 is 1.95 bits per heavy atom. The van der Waals surface area contributed by atoms with Crippen LogP contribution in [0.3, 0.4) is 0 Å². The van der Waals surface area contributed by atoms with E-state index in [1.54, 1.807) is 22.0 Å². The molecule has 14 heteroatoms. The summed E-state index contributed by atoms with van der Waals surface area (Å²) in [6.45, 7) is 4.37. The Kier molecular flexibility index (Phi) is 7.13. The van der Waals surface area contributed by atoms with Crippen molar-refractivity contribution in [1.82, 2.24) is 29.7 Å². The predicted molar refractivity (Wildman–Crippen MR) is 147 cm³/mol. The fourth-order valence-electron chi connectivity index (χ4n) is 5.33. The molecule has 3 aromatic heterocycles. The third-order valence-corrected chi connectivity index (χ3v) is 8.09. The molecule has 0 bridgehead atoms. The summed E-state index contributed by atoms with van der Waals surface area (Å²) in [5, 5.41) is 6.56.